The van der Waals surface area contributed by atoms with Crippen molar-refractivity contribution in [3.8, 4) is 0 Å². The third-order valence-corrected chi connectivity index (χ3v) is 4.90. The minimum Gasteiger partial charge on any atom is -0.292 e. The first kappa shape index (κ1) is 15.3. The molecular weight excluding hydrogens is 303 g/mol. The summed E-state index contributed by atoms with van der Waals surface area (Å²) < 4.78 is 15.4. The Balaban J connectivity index is 1.61. The number of hydrogen-bond donors (Lipinski definition) is 0. The summed E-state index contributed by atoms with van der Waals surface area (Å²) in [6.07, 6.45) is 4.15. The Labute approximate surface area is 140 Å². The first-order valence-corrected chi connectivity index (χ1v) is 8.39. The number of aryl methyl sites for hydroxylation is 2. The molecule has 1 aliphatic rings. The van der Waals surface area contributed by atoms with E-state index in [1.54, 1.807) is 12.1 Å². The summed E-state index contributed by atoms with van der Waals surface area (Å²) in [5, 5.41) is 5.54. The van der Waals surface area contributed by atoms with Gasteiger partial charge < -0.3 is 0 Å². The second-order valence-corrected chi connectivity index (χ2v) is 6.61. The topological polar surface area (TPSA) is 34.0 Å². The van der Waals surface area contributed by atoms with Gasteiger partial charge in [-0.1, -0.05) is 12.1 Å². The Hall–Kier alpha value is -2.27. The number of likely N-dealkylation sites (tertiary alicyclic amines) is 1. The van der Waals surface area contributed by atoms with Gasteiger partial charge in [0.05, 0.1) is 5.69 Å². The lowest BCUT2D eigenvalue weighted by Gasteiger charge is -2.25. The van der Waals surface area contributed by atoms with Gasteiger partial charge in [-0.25, -0.2) is 9.37 Å². The molecule has 0 bridgehead atoms. The number of rotatable bonds is 3. The lowest BCUT2D eigenvalue weighted by molar-refractivity contribution is 0.248. The van der Waals surface area contributed by atoms with Crippen molar-refractivity contribution in [2.75, 3.05) is 6.54 Å². The molecule has 1 unspecified atom stereocenters. The fraction of sp³-hybridized carbons (Fsp3) is 0.368. The Morgan fingerprint density at radius 2 is 2.17 bits per heavy atom. The van der Waals surface area contributed by atoms with E-state index in [2.05, 4.69) is 21.0 Å². The van der Waals surface area contributed by atoms with Crippen molar-refractivity contribution < 1.29 is 4.39 Å². The molecule has 0 spiro atoms. The van der Waals surface area contributed by atoms with E-state index < -0.39 is 0 Å². The van der Waals surface area contributed by atoms with Gasteiger partial charge in [0.15, 0.2) is 5.65 Å². The second kappa shape index (κ2) is 5.98. The molecule has 0 saturated carbocycles. The van der Waals surface area contributed by atoms with Crippen LogP contribution >= 0.6 is 0 Å². The van der Waals surface area contributed by atoms with Crippen LogP contribution in [0.25, 0.3) is 11.0 Å². The third kappa shape index (κ3) is 2.69. The highest BCUT2D eigenvalue weighted by atomic mass is 19.1. The zero-order chi connectivity index (χ0) is 16.7. The highest BCUT2D eigenvalue weighted by molar-refractivity contribution is 5.78. The Morgan fingerprint density at radius 3 is 3.00 bits per heavy atom. The SMILES string of the molecule is Cc1nn(C)c2ncc(CN3CCCC3c3cccc(F)c3)cc12. The number of aromatic nitrogens is 3. The van der Waals surface area contributed by atoms with Crippen LogP contribution in [0, 0.1) is 12.7 Å². The van der Waals surface area contributed by atoms with E-state index in [1.807, 2.05) is 30.9 Å². The van der Waals surface area contributed by atoms with Gasteiger partial charge in [0.25, 0.3) is 0 Å². The standard InChI is InChI=1S/C19H21FN4/c1-13-17-9-14(11-21-19(17)23(2)22-13)12-24-8-4-7-18(24)15-5-3-6-16(20)10-15/h3,5-6,9-11,18H,4,7-8,12H2,1-2H3. The Bertz CT molecular complexity index is 886. The van der Waals surface area contributed by atoms with Gasteiger partial charge in [-0.3, -0.25) is 9.58 Å². The molecule has 1 fully saturated rings. The van der Waals surface area contributed by atoms with Gasteiger partial charge in [0.2, 0.25) is 0 Å². The maximum absolute atomic E-state index is 13.6. The van der Waals surface area contributed by atoms with Crippen molar-refractivity contribution in [3.63, 3.8) is 0 Å². The minimum absolute atomic E-state index is 0.159. The van der Waals surface area contributed by atoms with Crippen LogP contribution in [0.15, 0.2) is 36.5 Å². The van der Waals surface area contributed by atoms with Crippen LogP contribution in [0.3, 0.4) is 0 Å². The van der Waals surface area contributed by atoms with Gasteiger partial charge in [-0.15, -0.1) is 0 Å². The predicted molar refractivity (Wildman–Crippen MR) is 92.0 cm³/mol. The predicted octanol–water partition coefficient (Wildman–Crippen LogP) is 3.75. The summed E-state index contributed by atoms with van der Waals surface area (Å²) in [5.41, 5.74) is 4.17. The van der Waals surface area contributed by atoms with Crippen molar-refractivity contribution >= 4 is 11.0 Å². The molecule has 1 aliphatic heterocycles. The summed E-state index contributed by atoms with van der Waals surface area (Å²) in [5.74, 6) is -0.159. The van der Waals surface area contributed by atoms with Gasteiger partial charge >= 0.3 is 0 Å². The van der Waals surface area contributed by atoms with Crippen molar-refractivity contribution in [1.82, 2.24) is 19.7 Å². The van der Waals surface area contributed by atoms with Crippen LogP contribution in [0.4, 0.5) is 4.39 Å². The highest BCUT2D eigenvalue weighted by Gasteiger charge is 2.26. The van der Waals surface area contributed by atoms with E-state index in [1.165, 1.54) is 11.6 Å². The quantitative estimate of drug-likeness (QED) is 0.736. The summed E-state index contributed by atoms with van der Waals surface area (Å²) in [4.78, 5) is 6.99. The van der Waals surface area contributed by atoms with E-state index in [9.17, 15) is 4.39 Å². The Morgan fingerprint density at radius 1 is 1.29 bits per heavy atom. The molecule has 4 rings (SSSR count). The van der Waals surface area contributed by atoms with Crippen molar-refractivity contribution in [1.29, 1.82) is 0 Å². The van der Waals surface area contributed by atoms with Crippen LogP contribution in [0.1, 0.15) is 35.7 Å². The van der Waals surface area contributed by atoms with E-state index >= 15 is 0 Å². The van der Waals surface area contributed by atoms with Crippen molar-refractivity contribution in [2.24, 2.45) is 7.05 Å². The van der Waals surface area contributed by atoms with Crippen LogP contribution in [0.5, 0.6) is 0 Å². The largest absolute Gasteiger partial charge is 0.292 e. The van der Waals surface area contributed by atoms with E-state index in [0.717, 1.165) is 48.2 Å². The molecule has 4 nitrogen and oxygen atoms in total. The van der Waals surface area contributed by atoms with Crippen LogP contribution in [-0.4, -0.2) is 26.2 Å². The summed E-state index contributed by atoms with van der Waals surface area (Å²) >= 11 is 0. The molecule has 5 heteroatoms. The third-order valence-electron chi connectivity index (χ3n) is 4.90. The summed E-state index contributed by atoms with van der Waals surface area (Å²) in [7, 11) is 1.92. The van der Waals surface area contributed by atoms with E-state index in [4.69, 9.17) is 0 Å². The molecule has 1 aromatic carbocycles. The fourth-order valence-electron chi connectivity index (χ4n) is 3.78. The lowest BCUT2D eigenvalue weighted by Crippen LogP contribution is -2.22. The highest BCUT2D eigenvalue weighted by Crippen LogP contribution is 2.33. The summed E-state index contributed by atoms with van der Waals surface area (Å²) in [6.45, 7) is 3.88. The maximum Gasteiger partial charge on any atom is 0.157 e. The van der Waals surface area contributed by atoms with Gasteiger partial charge in [0, 0.05) is 31.2 Å². The number of nitrogens with zero attached hydrogens (tertiary/aromatic N) is 4. The minimum atomic E-state index is -0.159. The van der Waals surface area contributed by atoms with Gasteiger partial charge in [-0.05, 0) is 55.6 Å². The monoisotopic (exact) mass is 324 g/mol. The average molecular weight is 324 g/mol. The van der Waals surface area contributed by atoms with Gasteiger partial charge in [-0.2, -0.15) is 5.10 Å². The van der Waals surface area contributed by atoms with Crippen molar-refractivity contribution in [2.45, 2.75) is 32.4 Å². The number of pyridine rings is 1. The van der Waals surface area contributed by atoms with E-state index in [-0.39, 0.29) is 11.9 Å². The maximum atomic E-state index is 13.6. The summed E-state index contributed by atoms with van der Waals surface area (Å²) in [6, 6.07) is 9.46. The first-order valence-electron chi connectivity index (χ1n) is 8.39. The van der Waals surface area contributed by atoms with E-state index in [0.29, 0.717) is 0 Å². The molecule has 24 heavy (non-hydrogen) atoms. The molecular formula is C19H21FN4. The lowest BCUT2D eigenvalue weighted by atomic mass is 10.0. The molecule has 0 N–H and O–H groups in total. The molecule has 0 radical (unpaired) electrons. The molecule has 0 amide bonds. The number of halogens is 1. The molecule has 0 aliphatic carbocycles. The average Bonchev–Trinajstić information content (AvgIpc) is 3.13. The number of hydrogen-bond acceptors (Lipinski definition) is 3. The smallest absolute Gasteiger partial charge is 0.157 e. The van der Waals surface area contributed by atoms with Crippen LogP contribution < -0.4 is 0 Å². The molecule has 1 atom stereocenters. The normalized spacial score (nSPS) is 18.5. The van der Waals surface area contributed by atoms with Crippen LogP contribution in [-0.2, 0) is 13.6 Å². The molecule has 1 saturated heterocycles. The van der Waals surface area contributed by atoms with Crippen LogP contribution in [0.2, 0.25) is 0 Å². The zero-order valence-corrected chi connectivity index (χ0v) is 14.0. The van der Waals surface area contributed by atoms with Gasteiger partial charge in [0.1, 0.15) is 5.82 Å². The number of benzene rings is 1. The van der Waals surface area contributed by atoms with Crippen molar-refractivity contribution in [3.05, 3.63) is 59.2 Å². The molecule has 3 aromatic rings. The molecule has 2 aromatic heterocycles. The zero-order valence-electron chi connectivity index (χ0n) is 14.0. The molecule has 124 valence electrons. The second-order valence-electron chi connectivity index (χ2n) is 6.61. The molecule has 3 heterocycles. The Kier molecular flexibility index (Phi) is 3.81. The number of fused-ring (bicyclic) bond motifs is 1. The fourth-order valence-corrected chi connectivity index (χ4v) is 3.78. The first-order chi connectivity index (χ1) is 11.6.